The monoisotopic (exact) mass is 553 g/mol. The molecule has 0 unspecified atom stereocenters. The van der Waals surface area contributed by atoms with E-state index in [-0.39, 0.29) is 29.5 Å². The number of carbonyl (C=O) groups is 2. The zero-order valence-electron chi connectivity index (χ0n) is 22.7. The number of nitrogens with one attached hydrogen (secondary N) is 1. The van der Waals surface area contributed by atoms with Gasteiger partial charge in [-0.1, -0.05) is 67.0 Å². The molecule has 0 aliphatic carbocycles. The van der Waals surface area contributed by atoms with Gasteiger partial charge in [0, 0.05) is 17.5 Å². The molecule has 0 fully saturated rings. The maximum atomic E-state index is 14.7. The SMILES string of the molecule is Cc1ccc(-c2nc(-c3cc(C[C@@H](NC(=O)c4ccc(-c5ccc(C(C)C)cc5)o4)C(=O)O)ccc3F)no2)cc1. The fraction of sp³-hybridized carbons (Fsp3) is 0.188. The van der Waals surface area contributed by atoms with Crippen molar-refractivity contribution in [2.24, 2.45) is 0 Å². The number of carbonyl (C=O) groups excluding carboxylic acids is 1. The van der Waals surface area contributed by atoms with Gasteiger partial charge in [0.2, 0.25) is 5.82 Å². The molecule has 0 aliphatic rings. The Hall–Kier alpha value is -5.05. The van der Waals surface area contributed by atoms with Gasteiger partial charge in [0.05, 0.1) is 5.56 Å². The first-order valence-electron chi connectivity index (χ1n) is 13.1. The number of hydrogen-bond donors (Lipinski definition) is 2. The van der Waals surface area contributed by atoms with Crippen molar-refractivity contribution in [1.82, 2.24) is 15.5 Å². The molecule has 2 heterocycles. The van der Waals surface area contributed by atoms with Crippen molar-refractivity contribution in [2.75, 3.05) is 0 Å². The standard InChI is InChI=1S/C32H28FN3O5/c1-18(2)21-9-11-22(12-10-21)27-14-15-28(40-27)30(37)34-26(32(38)39)17-20-6-13-25(33)24(16-20)29-35-31(41-36-29)23-7-4-19(3)5-8-23/h4-16,18,26H,17H2,1-3H3,(H,34,37)(H,38,39)/t26-/m1/s1. The number of furan rings is 1. The number of halogens is 1. The highest BCUT2D eigenvalue weighted by atomic mass is 19.1. The molecular formula is C32H28FN3O5. The molecule has 2 N–H and O–H groups in total. The minimum absolute atomic E-state index is 0.0191. The van der Waals surface area contributed by atoms with Crippen LogP contribution in [0.2, 0.25) is 0 Å². The van der Waals surface area contributed by atoms with Crippen LogP contribution in [-0.4, -0.2) is 33.2 Å². The third-order valence-corrected chi connectivity index (χ3v) is 6.73. The van der Waals surface area contributed by atoms with Crippen LogP contribution in [0.1, 0.15) is 47.0 Å². The lowest BCUT2D eigenvalue weighted by Crippen LogP contribution is -2.42. The van der Waals surface area contributed by atoms with E-state index in [1.54, 1.807) is 6.07 Å². The van der Waals surface area contributed by atoms with Crippen LogP contribution in [0.4, 0.5) is 4.39 Å². The Balaban J connectivity index is 1.30. The van der Waals surface area contributed by atoms with E-state index in [0.717, 1.165) is 11.1 Å². The average Bonchev–Trinajstić information content (AvgIpc) is 3.65. The number of amides is 1. The molecule has 0 aliphatic heterocycles. The third-order valence-electron chi connectivity index (χ3n) is 6.73. The predicted molar refractivity (Wildman–Crippen MR) is 151 cm³/mol. The second-order valence-corrected chi connectivity index (χ2v) is 10.1. The molecule has 0 radical (unpaired) electrons. The van der Waals surface area contributed by atoms with Crippen molar-refractivity contribution in [1.29, 1.82) is 0 Å². The van der Waals surface area contributed by atoms with Gasteiger partial charge in [-0.3, -0.25) is 4.79 Å². The lowest BCUT2D eigenvalue weighted by Gasteiger charge is -2.14. The Morgan fingerprint density at radius 2 is 1.66 bits per heavy atom. The highest BCUT2D eigenvalue weighted by molar-refractivity contribution is 5.94. The summed E-state index contributed by atoms with van der Waals surface area (Å²) in [6, 6.07) is 21.2. The van der Waals surface area contributed by atoms with Gasteiger partial charge in [-0.25, -0.2) is 9.18 Å². The normalized spacial score (nSPS) is 11.9. The van der Waals surface area contributed by atoms with E-state index in [1.807, 2.05) is 55.5 Å². The minimum Gasteiger partial charge on any atom is -0.480 e. The van der Waals surface area contributed by atoms with Crippen LogP contribution in [-0.2, 0) is 11.2 Å². The van der Waals surface area contributed by atoms with Crippen LogP contribution in [0, 0.1) is 12.7 Å². The van der Waals surface area contributed by atoms with Crippen molar-refractivity contribution >= 4 is 11.9 Å². The fourth-order valence-electron chi connectivity index (χ4n) is 4.33. The van der Waals surface area contributed by atoms with Gasteiger partial charge < -0.3 is 19.4 Å². The highest BCUT2D eigenvalue weighted by Gasteiger charge is 2.24. The summed E-state index contributed by atoms with van der Waals surface area (Å²) in [5.41, 5.74) is 4.25. The lowest BCUT2D eigenvalue weighted by molar-refractivity contribution is -0.139. The van der Waals surface area contributed by atoms with Crippen LogP contribution >= 0.6 is 0 Å². The van der Waals surface area contributed by atoms with Crippen LogP contribution in [0.5, 0.6) is 0 Å². The summed E-state index contributed by atoms with van der Waals surface area (Å²) in [5, 5.41) is 16.2. The summed E-state index contributed by atoms with van der Waals surface area (Å²) in [6.07, 6.45) is -0.110. The van der Waals surface area contributed by atoms with Crippen molar-refractivity contribution < 1.29 is 28.0 Å². The lowest BCUT2D eigenvalue weighted by atomic mass is 10.0. The van der Waals surface area contributed by atoms with Gasteiger partial charge in [-0.05, 0) is 60.4 Å². The zero-order chi connectivity index (χ0) is 29.1. The van der Waals surface area contributed by atoms with E-state index in [9.17, 15) is 19.1 Å². The van der Waals surface area contributed by atoms with Crippen molar-refractivity contribution in [3.05, 3.63) is 107 Å². The molecular weight excluding hydrogens is 525 g/mol. The van der Waals surface area contributed by atoms with Gasteiger partial charge in [0.1, 0.15) is 17.6 Å². The second kappa shape index (κ2) is 11.6. The molecule has 41 heavy (non-hydrogen) atoms. The minimum atomic E-state index is -1.30. The van der Waals surface area contributed by atoms with Gasteiger partial charge >= 0.3 is 5.97 Å². The maximum absolute atomic E-state index is 14.7. The molecule has 0 bridgehead atoms. The molecule has 0 saturated heterocycles. The van der Waals surface area contributed by atoms with E-state index < -0.39 is 23.7 Å². The van der Waals surface area contributed by atoms with Crippen molar-refractivity contribution in [3.8, 4) is 34.2 Å². The topological polar surface area (TPSA) is 118 Å². The number of aliphatic carboxylic acids is 1. The number of carboxylic acid groups (broad SMARTS) is 1. The number of benzene rings is 3. The first kappa shape index (κ1) is 27.5. The molecule has 5 rings (SSSR count). The number of aromatic nitrogens is 2. The first-order valence-corrected chi connectivity index (χ1v) is 13.1. The Morgan fingerprint density at radius 3 is 2.34 bits per heavy atom. The molecule has 8 nitrogen and oxygen atoms in total. The molecule has 208 valence electrons. The predicted octanol–water partition coefficient (Wildman–Crippen LogP) is 6.66. The molecule has 9 heteroatoms. The number of nitrogens with zero attached hydrogens (tertiary/aromatic N) is 2. The average molecular weight is 554 g/mol. The van der Waals surface area contributed by atoms with Crippen molar-refractivity contribution in [3.63, 3.8) is 0 Å². The summed E-state index contributed by atoms with van der Waals surface area (Å²) in [6.45, 7) is 6.16. The van der Waals surface area contributed by atoms with Crippen LogP contribution in [0.25, 0.3) is 34.2 Å². The molecule has 5 aromatic rings. The molecule has 1 atom stereocenters. The van der Waals surface area contributed by atoms with E-state index in [2.05, 4.69) is 29.3 Å². The van der Waals surface area contributed by atoms with E-state index >= 15 is 0 Å². The quantitative estimate of drug-likeness (QED) is 0.209. The fourth-order valence-corrected chi connectivity index (χ4v) is 4.33. The molecule has 0 spiro atoms. The first-order chi connectivity index (χ1) is 19.7. The number of carboxylic acids is 1. The van der Waals surface area contributed by atoms with Crippen LogP contribution in [0.15, 0.2) is 87.8 Å². The Labute approximate surface area is 235 Å². The highest BCUT2D eigenvalue weighted by Crippen LogP contribution is 2.27. The van der Waals surface area contributed by atoms with Gasteiger partial charge in [0.25, 0.3) is 11.8 Å². The van der Waals surface area contributed by atoms with E-state index in [1.165, 1.54) is 29.8 Å². The number of hydrogen-bond acceptors (Lipinski definition) is 6. The summed E-state index contributed by atoms with van der Waals surface area (Å²) < 4.78 is 25.8. The van der Waals surface area contributed by atoms with Crippen LogP contribution < -0.4 is 5.32 Å². The third kappa shape index (κ3) is 6.24. The molecule has 0 saturated carbocycles. The largest absolute Gasteiger partial charge is 0.480 e. The Kier molecular flexibility index (Phi) is 7.78. The molecule has 2 aromatic heterocycles. The number of aryl methyl sites for hydroxylation is 1. The number of rotatable bonds is 9. The van der Waals surface area contributed by atoms with Gasteiger partial charge in [-0.2, -0.15) is 4.98 Å². The summed E-state index contributed by atoms with van der Waals surface area (Å²) in [7, 11) is 0. The Bertz CT molecular complexity index is 1690. The van der Waals surface area contributed by atoms with Gasteiger partial charge in [-0.15, -0.1) is 0 Å². The van der Waals surface area contributed by atoms with Gasteiger partial charge in [0.15, 0.2) is 5.76 Å². The summed E-state index contributed by atoms with van der Waals surface area (Å²) in [4.78, 5) is 29.2. The second-order valence-electron chi connectivity index (χ2n) is 10.1. The summed E-state index contributed by atoms with van der Waals surface area (Å²) in [5.74, 6) is -1.40. The van der Waals surface area contributed by atoms with Crippen molar-refractivity contribution in [2.45, 2.75) is 39.2 Å². The van der Waals surface area contributed by atoms with E-state index in [4.69, 9.17) is 8.94 Å². The summed E-state index contributed by atoms with van der Waals surface area (Å²) >= 11 is 0. The van der Waals surface area contributed by atoms with E-state index in [0.29, 0.717) is 22.8 Å². The zero-order valence-corrected chi connectivity index (χ0v) is 22.7. The van der Waals surface area contributed by atoms with Crippen LogP contribution in [0.3, 0.4) is 0 Å². The molecule has 1 amide bonds. The smallest absolute Gasteiger partial charge is 0.326 e. The maximum Gasteiger partial charge on any atom is 0.326 e. The molecule has 3 aromatic carbocycles. The Morgan fingerprint density at radius 1 is 0.951 bits per heavy atom.